The van der Waals surface area contributed by atoms with Gasteiger partial charge in [-0.05, 0) is 32.0 Å². The van der Waals surface area contributed by atoms with E-state index in [4.69, 9.17) is 5.11 Å². The zero-order valence-corrected chi connectivity index (χ0v) is 9.37. The van der Waals surface area contributed by atoms with Gasteiger partial charge >= 0.3 is 6.09 Å². The Morgan fingerprint density at radius 3 is 2.59 bits per heavy atom. The molecule has 1 aromatic carbocycles. The molecule has 0 aliphatic carbocycles. The van der Waals surface area contributed by atoms with Gasteiger partial charge in [-0.3, -0.25) is 0 Å². The molecular formula is C12H15FN2O2. The van der Waals surface area contributed by atoms with E-state index >= 15 is 0 Å². The van der Waals surface area contributed by atoms with E-state index in [1.807, 2.05) is 0 Å². The van der Waals surface area contributed by atoms with Crippen molar-refractivity contribution in [2.45, 2.75) is 18.4 Å². The molecule has 1 aromatic rings. The van der Waals surface area contributed by atoms with Crippen molar-refractivity contribution in [3.05, 3.63) is 35.6 Å². The average molecular weight is 238 g/mol. The third-order valence-electron chi connectivity index (χ3n) is 3.19. The molecule has 1 heterocycles. The van der Waals surface area contributed by atoms with Crippen molar-refractivity contribution in [1.82, 2.24) is 10.6 Å². The summed E-state index contributed by atoms with van der Waals surface area (Å²) in [6, 6.07) is 6.35. The molecule has 4 nitrogen and oxygen atoms in total. The second-order valence-corrected chi connectivity index (χ2v) is 4.24. The number of benzene rings is 1. The van der Waals surface area contributed by atoms with Gasteiger partial charge in [-0.1, -0.05) is 18.2 Å². The first kappa shape index (κ1) is 11.9. The highest BCUT2D eigenvalue weighted by Gasteiger charge is 2.37. The van der Waals surface area contributed by atoms with Gasteiger partial charge in [-0.15, -0.1) is 0 Å². The summed E-state index contributed by atoms with van der Waals surface area (Å²) in [5, 5.41) is 14.6. The number of carboxylic acid groups (broad SMARTS) is 1. The Labute approximate surface area is 98.8 Å². The molecule has 1 fully saturated rings. The third-order valence-corrected chi connectivity index (χ3v) is 3.19. The van der Waals surface area contributed by atoms with Crippen molar-refractivity contribution >= 4 is 6.09 Å². The van der Waals surface area contributed by atoms with Crippen LogP contribution in [0.3, 0.4) is 0 Å². The van der Waals surface area contributed by atoms with Crippen LogP contribution in [0.15, 0.2) is 24.3 Å². The van der Waals surface area contributed by atoms with E-state index in [1.165, 1.54) is 6.07 Å². The molecule has 92 valence electrons. The molecule has 1 aliphatic rings. The van der Waals surface area contributed by atoms with E-state index in [9.17, 15) is 9.18 Å². The first-order chi connectivity index (χ1) is 8.14. The van der Waals surface area contributed by atoms with Crippen LogP contribution in [0.1, 0.15) is 18.4 Å². The maximum atomic E-state index is 13.8. The van der Waals surface area contributed by atoms with Crippen molar-refractivity contribution in [3.8, 4) is 0 Å². The maximum Gasteiger partial charge on any atom is 0.405 e. The number of halogens is 1. The highest BCUT2D eigenvalue weighted by atomic mass is 19.1. The Kier molecular flexibility index (Phi) is 3.28. The van der Waals surface area contributed by atoms with Crippen molar-refractivity contribution in [1.29, 1.82) is 0 Å². The van der Waals surface area contributed by atoms with Gasteiger partial charge in [0, 0.05) is 5.56 Å². The van der Waals surface area contributed by atoms with E-state index < -0.39 is 11.6 Å². The van der Waals surface area contributed by atoms with E-state index in [-0.39, 0.29) is 5.82 Å². The first-order valence-corrected chi connectivity index (χ1v) is 5.61. The minimum absolute atomic E-state index is 0.358. The summed E-state index contributed by atoms with van der Waals surface area (Å²) in [5.74, 6) is -0.358. The Morgan fingerprint density at radius 2 is 2.00 bits per heavy atom. The van der Waals surface area contributed by atoms with Gasteiger partial charge in [-0.2, -0.15) is 0 Å². The fraction of sp³-hybridized carbons (Fsp3) is 0.417. The Hall–Kier alpha value is -1.62. The van der Waals surface area contributed by atoms with Gasteiger partial charge in [0.05, 0.1) is 5.54 Å². The van der Waals surface area contributed by atoms with Crippen molar-refractivity contribution < 1.29 is 14.3 Å². The van der Waals surface area contributed by atoms with Crippen molar-refractivity contribution in [2.24, 2.45) is 0 Å². The molecule has 0 bridgehead atoms. The van der Waals surface area contributed by atoms with Gasteiger partial charge in [0.2, 0.25) is 0 Å². The number of carbonyl (C=O) groups is 1. The molecule has 0 radical (unpaired) electrons. The number of hydrogen-bond acceptors (Lipinski definition) is 2. The summed E-state index contributed by atoms with van der Waals surface area (Å²) >= 11 is 0. The molecule has 0 saturated carbocycles. The predicted octanol–water partition coefficient (Wildman–Crippen LogP) is 1.67. The SMILES string of the molecule is O=C(O)NC1(c2ccccc2F)CCNCC1. The van der Waals surface area contributed by atoms with E-state index in [0.29, 0.717) is 31.5 Å². The Bertz CT molecular complexity index is 417. The molecule has 2 rings (SSSR count). The summed E-state index contributed by atoms with van der Waals surface area (Å²) in [4.78, 5) is 10.9. The number of piperidine rings is 1. The predicted molar refractivity (Wildman–Crippen MR) is 61.3 cm³/mol. The maximum absolute atomic E-state index is 13.8. The van der Waals surface area contributed by atoms with Crippen LogP contribution in [-0.4, -0.2) is 24.3 Å². The van der Waals surface area contributed by atoms with Gasteiger partial charge < -0.3 is 15.7 Å². The molecule has 1 aliphatic heterocycles. The lowest BCUT2D eigenvalue weighted by atomic mass is 9.81. The molecule has 0 spiro atoms. The van der Waals surface area contributed by atoms with Crippen LogP contribution in [0, 0.1) is 5.82 Å². The lowest BCUT2D eigenvalue weighted by Gasteiger charge is -2.38. The van der Waals surface area contributed by atoms with Crippen molar-refractivity contribution in [2.75, 3.05) is 13.1 Å². The smallest absolute Gasteiger partial charge is 0.405 e. The van der Waals surface area contributed by atoms with E-state index in [0.717, 1.165) is 0 Å². The largest absolute Gasteiger partial charge is 0.465 e. The second kappa shape index (κ2) is 4.71. The molecule has 0 aromatic heterocycles. The number of rotatable bonds is 2. The van der Waals surface area contributed by atoms with Crippen LogP contribution in [0.2, 0.25) is 0 Å². The molecule has 5 heteroatoms. The molecule has 3 N–H and O–H groups in total. The number of hydrogen-bond donors (Lipinski definition) is 3. The normalized spacial score (nSPS) is 18.6. The Balaban J connectivity index is 2.39. The molecule has 1 saturated heterocycles. The zero-order chi connectivity index (χ0) is 12.3. The van der Waals surface area contributed by atoms with Crippen molar-refractivity contribution in [3.63, 3.8) is 0 Å². The van der Waals surface area contributed by atoms with Gasteiger partial charge in [0.25, 0.3) is 0 Å². The van der Waals surface area contributed by atoms with Crippen LogP contribution in [0.25, 0.3) is 0 Å². The molecule has 17 heavy (non-hydrogen) atoms. The zero-order valence-electron chi connectivity index (χ0n) is 9.37. The summed E-state index contributed by atoms with van der Waals surface area (Å²) in [6.07, 6.45) is -0.00402. The lowest BCUT2D eigenvalue weighted by molar-refractivity contribution is 0.163. The van der Waals surface area contributed by atoms with Crippen LogP contribution in [-0.2, 0) is 5.54 Å². The quantitative estimate of drug-likeness (QED) is 0.734. The average Bonchev–Trinajstić information content (AvgIpc) is 2.29. The summed E-state index contributed by atoms with van der Waals surface area (Å²) < 4.78 is 13.8. The first-order valence-electron chi connectivity index (χ1n) is 5.61. The third kappa shape index (κ3) is 2.39. The lowest BCUT2D eigenvalue weighted by Crippen LogP contribution is -2.52. The Morgan fingerprint density at radius 1 is 1.35 bits per heavy atom. The van der Waals surface area contributed by atoms with E-state index in [1.54, 1.807) is 18.2 Å². The highest BCUT2D eigenvalue weighted by Crippen LogP contribution is 2.32. The van der Waals surface area contributed by atoms with Gasteiger partial charge in [-0.25, -0.2) is 9.18 Å². The van der Waals surface area contributed by atoms with Crippen LogP contribution in [0.5, 0.6) is 0 Å². The van der Waals surface area contributed by atoms with Gasteiger partial charge in [0.1, 0.15) is 5.82 Å². The molecule has 1 amide bonds. The van der Waals surface area contributed by atoms with Crippen LogP contribution < -0.4 is 10.6 Å². The summed E-state index contributed by atoms with van der Waals surface area (Å²) in [7, 11) is 0. The van der Waals surface area contributed by atoms with Gasteiger partial charge in [0.15, 0.2) is 0 Å². The minimum atomic E-state index is -1.12. The molecular weight excluding hydrogens is 223 g/mol. The monoisotopic (exact) mass is 238 g/mol. The van der Waals surface area contributed by atoms with Crippen LogP contribution in [0.4, 0.5) is 9.18 Å². The van der Waals surface area contributed by atoms with Crippen LogP contribution >= 0.6 is 0 Å². The summed E-state index contributed by atoms with van der Waals surface area (Å²) in [6.45, 7) is 1.35. The molecule has 0 atom stereocenters. The minimum Gasteiger partial charge on any atom is -0.465 e. The molecule has 0 unspecified atom stereocenters. The standard InChI is InChI=1S/C12H15FN2O2/c13-10-4-2-1-3-9(10)12(15-11(16)17)5-7-14-8-6-12/h1-4,14-15H,5-8H2,(H,16,17). The highest BCUT2D eigenvalue weighted by molar-refractivity contribution is 5.66. The topological polar surface area (TPSA) is 61.4 Å². The number of amides is 1. The summed E-state index contributed by atoms with van der Waals surface area (Å²) in [5.41, 5.74) is -0.369. The second-order valence-electron chi connectivity index (χ2n) is 4.24. The number of nitrogens with one attached hydrogen (secondary N) is 2. The van der Waals surface area contributed by atoms with E-state index in [2.05, 4.69) is 10.6 Å². The fourth-order valence-electron chi connectivity index (χ4n) is 2.37. The fourth-order valence-corrected chi connectivity index (χ4v) is 2.37.